The topological polar surface area (TPSA) is 125 Å². The fourth-order valence-electron chi connectivity index (χ4n) is 0.756. The lowest BCUT2D eigenvalue weighted by Crippen LogP contribution is -2.76. The second kappa shape index (κ2) is 3.67. The molecule has 1 unspecified atom stereocenters. The average molecular weight is 199 g/mol. The number of aliphatic hydroxyl groups excluding tert-OH is 1. The number of hydrogen-bond acceptors (Lipinski definition) is 5. The molecule has 0 aliphatic carbocycles. The van der Waals surface area contributed by atoms with Gasteiger partial charge in [0.15, 0.2) is 21.3 Å². The van der Waals surface area contributed by atoms with Crippen LogP contribution >= 0.6 is 0 Å². The van der Waals surface area contributed by atoms with Gasteiger partial charge in [-0.15, -0.1) is 0 Å². The van der Waals surface area contributed by atoms with Crippen molar-refractivity contribution in [1.82, 2.24) is 0 Å². The Morgan fingerprint density at radius 3 is 2.08 bits per heavy atom. The van der Waals surface area contributed by atoms with E-state index in [1.54, 1.807) is 0 Å². The summed E-state index contributed by atoms with van der Waals surface area (Å²) in [6.45, 7) is 1.45. The second-order valence-electron chi connectivity index (χ2n) is 2.68. The van der Waals surface area contributed by atoms with E-state index in [-0.39, 0.29) is 6.42 Å². The third kappa shape index (κ3) is 2.68. The fourth-order valence-corrected chi connectivity index (χ4v) is 1.46. The first kappa shape index (κ1) is 11.8. The molecular formula is C5H13NO5S. The molecule has 5 N–H and O–H groups in total. The van der Waals surface area contributed by atoms with Gasteiger partial charge in [0.1, 0.15) is 0 Å². The van der Waals surface area contributed by atoms with Crippen LogP contribution in [-0.2, 0) is 10.1 Å². The van der Waals surface area contributed by atoms with Crippen LogP contribution in [0.2, 0.25) is 0 Å². The van der Waals surface area contributed by atoms with E-state index >= 15 is 0 Å². The third-order valence-electron chi connectivity index (χ3n) is 1.73. The maximum atomic E-state index is 10.6. The minimum atomic E-state index is -4.59. The number of hydrogen-bond donors (Lipinski definition) is 3. The molecule has 1 atom stereocenters. The predicted octanol–water partition coefficient (Wildman–Crippen LogP) is -2.42. The molecule has 0 saturated carbocycles. The summed E-state index contributed by atoms with van der Waals surface area (Å²) in [6.07, 6.45) is -2.43. The normalized spacial score (nSPS) is 17.8. The number of quaternary nitrogens is 1. The molecule has 0 aromatic carbocycles. The van der Waals surface area contributed by atoms with Crippen LogP contribution in [0.15, 0.2) is 0 Å². The summed E-state index contributed by atoms with van der Waals surface area (Å²) >= 11 is 0. The van der Waals surface area contributed by atoms with Crippen LogP contribution in [-0.4, -0.2) is 34.3 Å². The van der Waals surface area contributed by atoms with Crippen molar-refractivity contribution in [3.8, 4) is 0 Å². The van der Waals surface area contributed by atoms with E-state index in [0.29, 0.717) is 0 Å². The van der Waals surface area contributed by atoms with Gasteiger partial charge in [0, 0.05) is 6.42 Å². The zero-order valence-electron chi connectivity index (χ0n) is 6.73. The quantitative estimate of drug-likeness (QED) is 0.343. The highest BCUT2D eigenvalue weighted by molar-refractivity contribution is 7.86. The third-order valence-corrected chi connectivity index (χ3v) is 3.25. The van der Waals surface area contributed by atoms with Crippen LogP contribution in [0.3, 0.4) is 0 Å². The molecule has 0 fully saturated rings. The molecule has 12 heavy (non-hydrogen) atoms. The highest BCUT2D eigenvalue weighted by Crippen LogP contribution is 2.17. The maximum absolute atomic E-state index is 10.6. The summed E-state index contributed by atoms with van der Waals surface area (Å²) in [7, 11) is -4.59. The first-order valence-corrected chi connectivity index (χ1v) is 4.80. The van der Waals surface area contributed by atoms with Crippen molar-refractivity contribution in [2.24, 2.45) is 0 Å². The first-order valence-electron chi connectivity index (χ1n) is 3.40. The SMILES string of the molecule is CCC([NH3+])(CC(O)O)S(=O)(=O)[O-]. The smallest absolute Gasteiger partial charge is 0.188 e. The monoisotopic (exact) mass is 199 g/mol. The number of rotatable bonds is 4. The van der Waals surface area contributed by atoms with Crippen LogP contribution in [0.1, 0.15) is 19.8 Å². The van der Waals surface area contributed by atoms with E-state index in [1.165, 1.54) is 6.92 Å². The van der Waals surface area contributed by atoms with Crippen molar-refractivity contribution in [3.63, 3.8) is 0 Å². The summed E-state index contributed by atoms with van der Waals surface area (Å²) in [4.78, 5) is -1.83. The highest BCUT2D eigenvalue weighted by Gasteiger charge is 2.37. The Morgan fingerprint density at radius 1 is 1.58 bits per heavy atom. The lowest BCUT2D eigenvalue weighted by atomic mass is 10.1. The molecule has 0 bridgehead atoms. The van der Waals surface area contributed by atoms with Gasteiger partial charge in [-0.1, -0.05) is 6.92 Å². The van der Waals surface area contributed by atoms with Crippen LogP contribution in [0, 0.1) is 0 Å². The summed E-state index contributed by atoms with van der Waals surface area (Å²) < 4.78 is 31.7. The lowest BCUT2D eigenvalue weighted by Gasteiger charge is -2.27. The molecule has 0 aromatic rings. The van der Waals surface area contributed by atoms with Crippen molar-refractivity contribution in [2.45, 2.75) is 30.9 Å². The van der Waals surface area contributed by atoms with Crippen molar-refractivity contribution >= 4 is 10.1 Å². The molecule has 0 aliphatic rings. The Bertz CT molecular complexity index is 236. The molecule has 74 valence electrons. The van der Waals surface area contributed by atoms with E-state index in [2.05, 4.69) is 5.73 Å². The molecule has 0 amide bonds. The van der Waals surface area contributed by atoms with Gasteiger partial charge in [-0.25, -0.2) is 8.42 Å². The number of aliphatic hydroxyl groups is 2. The lowest BCUT2D eigenvalue weighted by molar-refractivity contribution is -0.452. The molecule has 0 aromatic heterocycles. The van der Waals surface area contributed by atoms with Crippen molar-refractivity contribution in [1.29, 1.82) is 0 Å². The van der Waals surface area contributed by atoms with Crippen LogP contribution in [0.4, 0.5) is 0 Å². The average Bonchev–Trinajstić information content (AvgIpc) is 1.83. The van der Waals surface area contributed by atoms with Gasteiger partial charge in [-0.3, -0.25) is 0 Å². The second-order valence-corrected chi connectivity index (χ2v) is 4.45. The summed E-state index contributed by atoms with van der Waals surface area (Å²) in [5.41, 5.74) is 3.18. The largest absolute Gasteiger partial charge is 0.743 e. The van der Waals surface area contributed by atoms with Crippen LogP contribution in [0.5, 0.6) is 0 Å². The Kier molecular flexibility index (Phi) is 3.60. The van der Waals surface area contributed by atoms with Gasteiger partial charge in [-0.2, -0.15) is 0 Å². The van der Waals surface area contributed by atoms with Crippen LogP contribution < -0.4 is 5.73 Å². The summed E-state index contributed by atoms with van der Waals surface area (Å²) in [5, 5.41) is 17.0. The van der Waals surface area contributed by atoms with Gasteiger partial charge in [0.25, 0.3) is 0 Å². The van der Waals surface area contributed by atoms with Gasteiger partial charge in [0.2, 0.25) is 0 Å². The van der Waals surface area contributed by atoms with E-state index < -0.39 is 27.7 Å². The van der Waals surface area contributed by atoms with E-state index in [0.717, 1.165) is 0 Å². The molecule has 0 spiro atoms. The van der Waals surface area contributed by atoms with E-state index in [1.807, 2.05) is 0 Å². The van der Waals surface area contributed by atoms with Gasteiger partial charge in [0.05, 0.1) is 6.42 Å². The Morgan fingerprint density at radius 2 is 2.00 bits per heavy atom. The minimum Gasteiger partial charge on any atom is -0.743 e. The molecule has 6 nitrogen and oxygen atoms in total. The Labute approximate surface area is 70.8 Å². The van der Waals surface area contributed by atoms with E-state index in [4.69, 9.17) is 10.2 Å². The molecular weight excluding hydrogens is 186 g/mol. The van der Waals surface area contributed by atoms with Gasteiger partial charge < -0.3 is 20.5 Å². The molecule has 0 saturated heterocycles. The summed E-state index contributed by atoms with van der Waals surface area (Å²) in [5.74, 6) is 0. The van der Waals surface area contributed by atoms with Crippen molar-refractivity contribution in [3.05, 3.63) is 0 Å². The van der Waals surface area contributed by atoms with Gasteiger partial charge in [-0.05, 0) is 0 Å². The maximum Gasteiger partial charge on any atom is 0.188 e. The highest BCUT2D eigenvalue weighted by atomic mass is 32.2. The van der Waals surface area contributed by atoms with Crippen molar-refractivity contribution < 1.29 is 28.9 Å². The van der Waals surface area contributed by atoms with Gasteiger partial charge >= 0.3 is 0 Å². The predicted molar refractivity (Wildman–Crippen MR) is 38.4 cm³/mol. The first-order chi connectivity index (χ1) is 5.23. The van der Waals surface area contributed by atoms with Crippen LogP contribution in [0.25, 0.3) is 0 Å². The zero-order chi connectivity index (χ0) is 9.99. The molecule has 7 heteroatoms. The minimum absolute atomic E-state index is 0.0452. The molecule has 0 radical (unpaired) electrons. The zero-order valence-corrected chi connectivity index (χ0v) is 7.54. The molecule has 0 aliphatic heterocycles. The molecule has 0 heterocycles. The molecule has 0 rings (SSSR count). The summed E-state index contributed by atoms with van der Waals surface area (Å²) in [6, 6.07) is 0. The fraction of sp³-hybridized carbons (Fsp3) is 1.00. The Balaban J connectivity index is 4.70. The standard InChI is InChI=1S/C5H13NO5S/c1-2-5(6,3-4(7)8)12(9,10)11/h4,7-8H,2-3,6H2,1H3,(H,9,10,11). The van der Waals surface area contributed by atoms with Crippen molar-refractivity contribution in [2.75, 3.05) is 0 Å². The van der Waals surface area contributed by atoms with E-state index in [9.17, 15) is 13.0 Å². The Hall–Kier alpha value is -0.210.